The van der Waals surface area contributed by atoms with Gasteiger partial charge >= 0.3 is 12.1 Å². The van der Waals surface area contributed by atoms with Gasteiger partial charge < -0.3 is 9.47 Å². The summed E-state index contributed by atoms with van der Waals surface area (Å²) in [6, 6.07) is 7.50. The van der Waals surface area contributed by atoms with Crippen LogP contribution < -0.4 is 4.74 Å². The highest BCUT2D eigenvalue weighted by atomic mass is 19.4. The highest BCUT2D eigenvalue weighted by molar-refractivity contribution is 5.79. The fourth-order valence-electron chi connectivity index (χ4n) is 3.82. The first-order valence-electron chi connectivity index (χ1n) is 11.3. The Bertz CT molecular complexity index is 994. The first kappa shape index (κ1) is 26.9. The Morgan fingerprint density at radius 1 is 0.886 bits per heavy atom. The van der Waals surface area contributed by atoms with Crippen molar-refractivity contribution in [2.45, 2.75) is 45.6 Å². The first-order chi connectivity index (χ1) is 16.4. The Balaban J connectivity index is 1.55. The van der Waals surface area contributed by atoms with Gasteiger partial charge in [0.2, 0.25) is 0 Å². The number of ether oxygens (including phenoxy) is 2. The fraction of sp³-hybridized carbons (Fsp3) is 0.480. The van der Waals surface area contributed by atoms with Crippen LogP contribution >= 0.6 is 0 Å². The van der Waals surface area contributed by atoms with Gasteiger partial charge in [0.05, 0.1) is 12.2 Å². The molecule has 5 nitrogen and oxygen atoms in total. The standard InChI is InChI=1S/C25H29F5N2O3/c1-4-34-23(33)24(2,3)35-22-20(26)13-18(14-21(22)27)16-32-11-9-31(10-12-32)15-17-5-7-19(8-6-17)25(28,29)30/h5-8,13-14H,4,9-12,15-16H2,1-3H3. The van der Waals surface area contributed by atoms with E-state index in [2.05, 4.69) is 4.90 Å². The smallest absolute Gasteiger partial charge is 0.416 e. The molecule has 0 N–H and O–H groups in total. The van der Waals surface area contributed by atoms with Gasteiger partial charge in [0, 0.05) is 39.3 Å². The number of hydrogen-bond acceptors (Lipinski definition) is 5. The Morgan fingerprint density at radius 2 is 1.37 bits per heavy atom. The van der Waals surface area contributed by atoms with Crippen LogP contribution in [0, 0.1) is 11.6 Å². The second kappa shape index (κ2) is 10.9. The quantitative estimate of drug-likeness (QED) is 0.376. The number of halogens is 5. The Labute approximate surface area is 201 Å². The molecular formula is C25H29F5N2O3. The number of esters is 1. The van der Waals surface area contributed by atoms with Crippen molar-refractivity contribution in [1.29, 1.82) is 0 Å². The molecule has 0 atom stereocenters. The maximum Gasteiger partial charge on any atom is 0.416 e. The van der Waals surface area contributed by atoms with E-state index in [0.29, 0.717) is 44.8 Å². The number of carbonyl (C=O) groups excluding carboxylic acids is 1. The van der Waals surface area contributed by atoms with Gasteiger partial charge in [-0.05, 0) is 56.2 Å². The van der Waals surface area contributed by atoms with Gasteiger partial charge in [-0.3, -0.25) is 9.80 Å². The van der Waals surface area contributed by atoms with E-state index in [1.165, 1.54) is 38.1 Å². The van der Waals surface area contributed by atoms with Gasteiger partial charge in [-0.1, -0.05) is 12.1 Å². The number of nitrogens with zero attached hydrogens (tertiary/aromatic N) is 2. The average molecular weight is 501 g/mol. The molecule has 3 rings (SSSR count). The largest absolute Gasteiger partial charge is 0.470 e. The van der Waals surface area contributed by atoms with Crippen molar-refractivity contribution in [3.63, 3.8) is 0 Å². The summed E-state index contributed by atoms with van der Waals surface area (Å²) in [4.78, 5) is 16.1. The third-order valence-corrected chi connectivity index (χ3v) is 5.74. The van der Waals surface area contributed by atoms with Crippen LogP contribution in [0.5, 0.6) is 5.75 Å². The summed E-state index contributed by atoms with van der Waals surface area (Å²) in [5.74, 6) is -3.16. The molecule has 0 unspecified atom stereocenters. The molecule has 1 fully saturated rings. The molecule has 1 heterocycles. The van der Waals surface area contributed by atoms with Gasteiger partial charge in [0.1, 0.15) is 0 Å². The lowest BCUT2D eigenvalue weighted by Crippen LogP contribution is -2.45. The van der Waals surface area contributed by atoms with E-state index < -0.39 is 40.7 Å². The molecule has 1 aliphatic rings. The molecule has 1 saturated heterocycles. The molecule has 0 aliphatic carbocycles. The molecule has 192 valence electrons. The maximum absolute atomic E-state index is 14.6. The monoisotopic (exact) mass is 500 g/mol. The zero-order valence-electron chi connectivity index (χ0n) is 19.9. The van der Waals surface area contributed by atoms with Crippen LogP contribution in [0.3, 0.4) is 0 Å². The van der Waals surface area contributed by atoms with E-state index in [1.807, 2.05) is 4.90 Å². The Kier molecular flexibility index (Phi) is 8.38. The van der Waals surface area contributed by atoms with Crippen LogP contribution in [0.1, 0.15) is 37.5 Å². The summed E-state index contributed by atoms with van der Waals surface area (Å²) in [7, 11) is 0. The minimum absolute atomic E-state index is 0.118. The normalized spacial score (nSPS) is 15.8. The average Bonchev–Trinajstić information content (AvgIpc) is 2.78. The predicted molar refractivity (Wildman–Crippen MR) is 120 cm³/mol. The van der Waals surface area contributed by atoms with Crippen LogP contribution in [0.15, 0.2) is 36.4 Å². The van der Waals surface area contributed by atoms with Crippen molar-refractivity contribution in [3.8, 4) is 5.75 Å². The van der Waals surface area contributed by atoms with Crippen LogP contribution in [0.25, 0.3) is 0 Å². The number of piperazine rings is 1. The van der Waals surface area contributed by atoms with Crippen molar-refractivity contribution in [1.82, 2.24) is 9.80 Å². The van der Waals surface area contributed by atoms with E-state index >= 15 is 0 Å². The predicted octanol–water partition coefficient (Wildman–Crippen LogP) is 5.02. The molecule has 2 aromatic carbocycles. The van der Waals surface area contributed by atoms with E-state index in [9.17, 15) is 26.7 Å². The third kappa shape index (κ3) is 7.14. The summed E-state index contributed by atoms with van der Waals surface area (Å²) in [5, 5.41) is 0. The number of alkyl halides is 3. The molecule has 35 heavy (non-hydrogen) atoms. The minimum Gasteiger partial charge on any atom is -0.470 e. The number of hydrogen-bond donors (Lipinski definition) is 0. The van der Waals surface area contributed by atoms with Crippen molar-refractivity contribution in [2.24, 2.45) is 0 Å². The van der Waals surface area contributed by atoms with Crippen LogP contribution in [-0.4, -0.2) is 54.2 Å². The highest BCUT2D eigenvalue weighted by Gasteiger charge is 2.34. The van der Waals surface area contributed by atoms with Crippen molar-refractivity contribution in [3.05, 3.63) is 64.7 Å². The molecule has 0 amide bonds. The summed E-state index contributed by atoms with van der Waals surface area (Å²) in [5.41, 5.74) is -1.01. The van der Waals surface area contributed by atoms with Gasteiger partial charge in [0.15, 0.2) is 23.0 Å². The minimum atomic E-state index is -4.36. The molecular weight excluding hydrogens is 471 g/mol. The van der Waals surface area contributed by atoms with Gasteiger partial charge in [-0.25, -0.2) is 13.6 Å². The van der Waals surface area contributed by atoms with Gasteiger partial charge in [-0.15, -0.1) is 0 Å². The molecule has 0 bridgehead atoms. The first-order valence-corrected chi connectivity index (χ1v) is 11.3. The molecule has 0 saturated carbocycles. The highest BCUT2D eigenvalue weighted by Crippen LogP contribution is 2.30. The van der Waals surface area contributed by atoms with Gasteiger partial charge in [-0.2, -0.15) is 13.2 Å². The molecule has 2 aromatic rings. The summed E-state index contributed by atoms with van der Waals surface area (Å²) in [6.07, 6.45) is -4.36. The zero-order chi connectivity index (χ0) is 25.8. The maximum atomic E-state index is 14.6. The molecule has 0 aromatic heterocycles. The summed E-state index contributed by atoms with van der Waals surface area (Å²) in [6.45, 7) is 7.95. The van der Waals surface area contributed by atoms with Gasteiger partial charge in [0.25, 0.3) is 0 Å². The lowest BCUT2D eigenvalue weighted by molar-refractivity contribution is -0.159. The molecule has 10 heteroatoms. The summed E-state index contributed by atoms with van der Waals surface area (Å²) < 4.78 is 77.6. The number of benzene rings is 2. The van der Waals surface area contributed by atoms with E-state index in [-0.39, 0.29) is 6.61 Å². The Morgan fingerprint density at radius 3 is 1.83 bits per heavy atom. The second-order valence-electron chi connectivity index (χ2n) is 8.97. The zero-order valence-corrected chi connectivity index (χ0v) is 19.9. The van der Waals surface area contributed by atoms with Crippen molar-refractivity contribution >= 4 is 5.97 Å². The number of rotatable bonds is 8. The van der Waals surface area contributed by atoms with Crippen LogP contribution in [0.4, 0.5) is 22.0 Å². The lowest BCUT2D eigenvalue weighted by atomic mass is 10.1. The fourth-order valence-corrected chi connectivity index (χ4v) is 3.82. The van der Waals surface area contributed by atoms with E-state index in [4.69, 9.17) is 9.47 Å². The topological polar surface area (TPSA) is 42.0 Å². The number of carbonyl (C=O) groups is 1. The van der Waals surface area contributed by atoms with Crippen LogP contribution in [0.2, 0.25) is 0 Å². The lowest BCUT2D eigenvalue weighted by Gasteiger charge is -2.34. The molecule has 0 radical (unpaired) electrons. The molecule has 1 aliphatic heterocycles. The van der Waals surface area contributed by atoms with Crippen molar-refractivity contribution in [2.75, 3.05) is 32.8 Å². The third-order valence-electron chi connectivity index (χ3n) is 5.74. The Hall–Kier alpha value is -2.72. The van der Waals surface area contributed by atoms with Crippen molar-refractivity contribution < 1.29 is 36.2 Å². The SMILES string of the molecule is CCOC(=O)C(C)(C)Oc1c(F)cc(CN2CCN(Cc3ccc(C(F)(F)F)cc3)CC2)cc1F. The van der Waals surface area contributed by atoms with E-state index in [0.717, 1.165) is 17.7 Å². The molecule has 0 spiro atoms. The van der Waals surface area contributed by atoms with E-state index in [1.54, 1.807) is 6.92 Å². The second-order valence-corrected chi connectivity index (χ2v) is 8.97. The van der Waals surface area contributed by atoms with Crippen LogP contribution in [-0.2, 0) is 28.8 Å². The summed E-state index contributed by atoms with van der Waals surface area (Å²) >= 11 is 0.